The van der Waals surface area contributed by atoms with Gasteiger partial charge in [-0.05, 0) is 57.0 Å². The number of carbonyl (C=O) groups is 1. The Morgan fingerprint density at radius 1 is 1.06 bits per heavy atom. The molecule has 1 fully saturated rings. The van der Waals surface area contributed by atoms with Crippen LogP contribution in [0.3, 0.4) is 0 Å². The van der Waals surface area contributed by atoms with Crippen LogP contribution in [-0.2, 0) is 0 Å². The lowest BCUT2D eigenvalue weighted by atomic mass is 9.95. The lowest BCUT2D eigenvalue weighted by Crippen LogP contribution is -2.41. The molecule has 1 N–H and O–H groups in total. The molecular weight excluding hydrogens is 443 g/mol. The molecule has 2 aromatic carbocycles. The molecule has 0 atom stereocenters. The molecule has 1 aliphatic carbocycles. The van der Waals surface area contributed by atoms with Crippen molar-refractivity contribution in [1.29, 1.82) is 0 Å². The van der Waals surface area contributed by atoms with Crippen LogP contribution in [0.5, 0.6) is 0 Å². The first kappa shape index (κ1) is 22.7. The summed E-state index contributed by atoms with van der Waals surface area (Å²) in [5, 5.41) is 4.10. The lowest BCUT2D eigenvalue weighted by molar-refractivity contribution is 0.186. The number of hydrogen-bond donors (Lipinski definition) is 1. The van der Waals surface area contributed by atoms with Crippen molar-refractivity contribution >= 4 is 35.1 Å². The normalized spacial score (nSPS) is 14.4. The van der Waals surface area contributed by atoms with E-state index in [0.717, 1.165) is 29.8 Å². The maximum atomic E-state index is 13.0. The number of urea groups is 1. The van der Waals surface area contributed by atoms with E-state index >= 15 is 0 Å². The molecule has 0 unspecified atom stereocenters. The van der Waals surface area contributed by atoms with Crippen molar-refractivity contribution < 1.29 is 4.79 Å². The Morgan fingerprint density at radius 2 is 1.75 bits per heavy atom. The van der Waals surface area contributed by atoms with E-state index in [1.807, 2.05) is 48.6 Å². The van der Waals surface area contributed by atoms with E-state index in [2.05, 4.69) is 17.4 Å². The topological polar surface area (TPSA) is 50.2 Å². The fraction of sp³-hybridized carbons (Fsp3) is 0.360. The van der Waals surface area contributed by atoms with Crippen molar-refractivity contribution in [2.24, 2.45) is 0 Å². The quantitative estimate of drug-likeness (QED) is 0.435. The number of amides is 2. The second-order valence-electron chi connectivity index (χ2n) is 8.50. The van der Waals surface area contributed by atoms with Gasteiger partial charge in [0, 0.05) is 29.4 Å². The number of nitrogens with zero attached hydrogens (tertiary/aromatic N) is 3. The molecule has 0 saturated heterocycles. The van der Waals surface area contributed by atoms with Gasteiger partial charge in [-0.25, -0.2) is 9.78 Å². The summed E-state index contributed by atoms with van der Waals surface area (Å²) in [5.74, 6) is 1.18. The molecule has 7 heteroatoms. The Hall–Kier alpha value is -2.50. The molecule has 1 saturated carbocycles. The van der Waals surface area contributed by atoms with Crippen LogP contribution in [0.1, 0.15) is 43.4 Å². The average molecular weight is 471 g/mol. The van der Waals surface area contributed by atoms with Crippen LogP contribution >= 0.6 is 23.2 Å². The van der Waals surface area contributed by atoms with Crippen molar-refractivity contribution in [1.82, 2.24) is 14.5 Å². The predicted molar refractivity (Wildman–Crippen MR) is 132 cm³/mol. The lowest BCUT2D eigenvalue weighted by Gasteiger charge is -2.31. The number of rotatable bonds is 4. The van der Waals surface area contributed by atoms with E-state index in [1.54, 1.807) is 12.1 Å². The van der Waals surface area contributed by atoms with Crippen molar-refractivity contribution in [3.63, 3.8) is 0 Å². The van der Waals surface area contributed by atoms with Crippen LogP contribution in [0.15, 0.2) is 42.5 Å². The van der Waals surface area contributed by atoms with E-state index in [1.165, 1.54) is 24.8 Å². The summed E-state index contributed by atoms with van der Waals surface area (Å²) in [6, 6.07) is 13.7. The summed E-state index contributed by atoms with van der Waals surface area (Å²) in [6.45, 7) is 4.00. The molecule has 0 bridgehead atoms. The summed E-state index contributed by atoms with van der Waals surface area (Å²) >= 11 is 12.7. The minimum atomic E-state index is -0.137. The highest BCUT2D eigenvalue weighted by Gasteiger charge is 2.25. The second-order valence-corrected chi connectivity index (χ2v) is 9.34. The Kier molecular flexibility index (Phi) is 6.77. The number of halogens is 2. The Labute approximate surface area is 199 Å². The number of aromatic nitrogens is 2. The Bertz CT molecular complexity index is 1120. The molecule has 1 aliphatic rings. The fourth-order valence-corrected chi connectivity index (χ4v) is 4.80. The van der Waals surface area contributed by atoms with Gasteiger partial charge in [-0.15, -0.1) is 0 Å². The Morgan fingerprint density at radius 3 is 2.41 bits per heavy atom. The maximum Gasteiger partial charge on any atom is 0.323 e. The van der Waals surface area contributed by atoms with E-state index in [-0.39, 0.29) is 12.1 Å². The first-order valence-electron chi connectivity index (χ1n) is 11.0. The molecule has 1 heterocycles. The zero-order valence-electron chi connectivity index (χ0n) is 18.7. The standard InChI is InChI=1S/C25H28Cl2N4O/c1-16-9-12-20(13-10-16)31-17(2)23(28-24(31)21-14-11-18(26)15-22(21)27)29-25(32)30(3)19-7-5-4-6-8-19/h9-15,19H,4-8H2,1-3H3,(H,29,32). The van der Waals surface area contributed by atoms with Gasteiger partial charge in [0.25, 0.3) is 0 Å². The van der Waals surface area contributed by atoms with Crippen LogP contribution in [0.2, 0.25) is 10.0 Å². The van der Waals surface area contributed by atoms with Crippen molar-refractivity contribution in [2.45, 2.75) is 52.0 Å². The van der Waals surface area contributed by atoms with Crippen LogP contribution < -0.4 is 5.32 Å². The summed E-state index contributed by atoms with van der Waals surface area (Å²) in [5.41, 5.74) is 3.70. The highest BCUT2D eigenvalue weighted by atomic mass is 35.5. The van der Waals surface area contributed by atoms with Crippen LogP contribution in [0.4, 0.5) is 10.6 Å². The van der Waals surface area contributed by atoms with Gasteiger partial charge in [0.05, 0.1) is 10.7 Å². The highest BCUT2D eigenvalue weighted by Crippen LogP contribution is 2.35. The molecule has 4 rings (SSSR count). The third-order valence-electron chi connectivity index (χ3n) is 6.24. The van der Waals surface area contributed by atoms with Crippen molar-refractivity contribution in [2.75, 3.05) is 12.4 Å². The molecule has 0 radical (unpaired) electrons. The molecule has 5 nitrogen and oxygen atoms in total. The van der Waals surface area contributed by atoms with Gasteiger partial charge in [0.1, 0.15) is 5.82 Å². The van der Waals surface area contributed by atoms with E-state index < -0.39 is 0 Å². The number of benzene rings is 2. The van der Waals surface area contributed by atoms with Gasteiger partial charge in [0.2, 0.25) is 0 Å². The maximum absolute atomic E-state index is 13.0. The number of hydrogen-bond acceptors (Lipinski definition) is 2. The number of anilines is 1. The summed E-state index contributed by atoms with van der Waals surface area (Å²) in [7, 11) is 1.87. The van der Waals surface area contributed by atoms with Gasteiger partial charge in [-0.1, -0.05) is 60.2 Å². The SMILES string of the molecule is Cc1ccc(-n2c(-c3ccc(Cl)cc3Cl)nc(NC(=O)N(C)C3CCCCC3)c2C)cc1. The van der Waals surface area contributed by atoms with E-state index in [0.29, 0.717) is 21.7 Å². The molecule has 0 spiro atoms. The van der Waals surface area contributed by atoms with Crippen LogP contribution in [0.25, 0.3) is 17.1 Å². The molecule has 3 aromatic rings. The van der Waals surface area contributed by atoms with Gasteiger partial charge in [-0.2, -0.15) is 0 Å². The molecule has 2 amide bonds. The number of imidazole rings is 1. The summed E-state index contributed by atoms with van der Waals surface area (Å²) in [4.78, 5) is 19.7. The molecule has 32 heavy (non-hydrogen) atoms. The average Bonchev–Trinajstić information content (AvgIpc) is 3.10. The molecular formula is C25H28Cl2N4O. The first-order chi connectivity index (χ1) is 15.3. The van der Waals surface area contributed by atoms with Crippen LogP contribution in [-0.4, -0.2) is 33.6 Å². The summed E-state index contributed by atoms with van der Waals surface area (Å²) in [6.07, 6.45) is 5.68. The van der Waals surface area contributed by atoms with E-state index in [4.69, 9.17) is 28.2 Å². The predicted octanol–water partition coefficient (Wildman–Crippen LogP) is 7.26. The van der Waals surface area contributed by atoms with Gasteiger partial charge in [0.15, 0.2) is 5.82 Å². The van der Waals surface area contributed by atoms with Gasteiger partial charge >= 0.3 is 6.03 Å². The molecule has 168 valence electrons. The largest absolute Gasteiger partial charge is 0.325 e. The number of aryl methyl sites for hydroxylation is 1. The summed E-state index contributed by atoms with van der Waals surface area (Å²) < 4.78 is 2.02. The van der Waals surface area contributed by atoms with Gasteiger partial charge < -0.3 is 4.90 Å². The molecule has 1 aromatic heterocycles. The number of carbonyl (C=O) groups excluding carboxylic acids is 1. The smallest absolute Gasteiger partial charge is 0.323 e. The monoisotopic (exact) mass is 470 g/mol. The van der Waals surface area contributed by atoms with Crippen LogP contribution in [0, 0.1) is 13.8 Å². The Balaban J connectivity index is 1.73. The zero-order valence-corrected chi connectivity index (χ0v) is 20.2. The third kappa shape index (κ3) is 4.64. The first-order valence-corrected chi connectivity index (χ1v) is 11.8. The molecule has 0 aliphatic heterocycles. The second kappa shape index (κ2) is 9.55. The number of nitrogens with one attached hydrogen (secondary N) is 1. The van der Waals surface area contributed by atoms with E-state index in [9.17, 15) is 4.79 Å². The van der Waals surface area contributed by atoms with Gasteiger partial charge in [-0.3, -0.25) is 9.88 Å². The zero-order chi connectivity index (χ0) is 22.8. The highest BCUT2D eigenvalue weighted by molar-refractivity contribution is 6.36. The minimum Gasteiger partial charge on any atom is -0.325 e. The third-order valence-corrected chi connectivity index (χ3v) is 6.79. The fourth-order valence-electron chi connectivity index (χ4n) is 4.30. The minimum absolute atomic E-state index is 0.137. The van der Waals surface area contributed by atoms with Crippen molar-refractivity contribution in [3.05, 3.63) is 63.8 Å². The van der Waals surface area contributed by atoms with Crippen molar-refractivity contribution in [3.8, 4) is 17.1 Å².